The highest BCUT2D eigenvalue weighted by Crippen LogP contribution is 2.33. The number of carbonyl (C=O) groups excluding carboxylic acids is 2. The quantitative estimate of drug-likeness (QED) is 0.285. The minimum atomic E-state index is -0.559. The van der Waals surface area contributed by atoms with Crippen LogP contribution >= 0.6 is 11.6 Å². The van der Waals surface area contributed by atoms with E-state index in [2.05, 4.69) is 5.10 Å². The number of hydrazone groups is 1. The second kappa shape index (κ2) is 6.75. The van der Waals surface area contributed by atoms with Crippen molar-refractivity contribution >= 4 is 35.3 Å². The van der Waals surface area contributed by atoms with Gasteiger partial charge in [-0.3, -0.25) is 19.7 Å². The van der Waals surface area contributed by atoms with Crippen molar-refractivity contribution < 1.29 is 18.9 Å². The summed E-state index contributed by atoms with van der Waals surface area (Å²) in [5.41, 5.74) is 0.601. The van der Waals surface area contributed by atoms with Gasteiger partial charge in [-0.1, -0.05) is 23.7 Å². The Balaban J connectivity index is 1.61. The fraction of sp³-hybridized carbons (Fsp3) is 0. The lowest BCUT2D eigenvalue weighted by Crippen LogP contribution is -2.23. The maximum Gasteiger partial charge on any atom is 0.282 e. The highest BCUT2D eigenvalue weighted by Gasteiger charge is 2.35. The van der Waals surface area contributed by atoms with Crippen molar-refractivity contribution in [2.45, 2.75) is 0 Å². The number of benzene rings is 2. The van der Waals surface area contributed by atoms with Crippen molar-refractivity contribution in [3.8, 4) is 11.3 Å². The summed E-state index contributed by atoms with van der Waals surface area (Å²) < 4.78 is 5.56. The number of nitro groups is 1. The van der Waals surface area contributed by atoms with Crippen molar-refractivity contribution in [1.29, 1.82) is 0 Å². The van der Waals surface area contributed by atoms with E-state index in [1.807, 2.05) is 0 Å². The third-order valence-corrected chi connectivity index (χ3v) is 4.36. The Labute approximate surface area is 162 Å². The number of fused-ring (bicyclic) bond motifs is 1. The van der Waals surface area contributed by atoms with Gasteiger partial charge in [0.2, 0.25) is 0 Å². The van der Waals surface area contributed by atoms with Crippen LogP contribution in [0, 0.1) is 10.1 Å². The summed E-state index contributed by atoms with van der Waals surface area (Å²) in [6.07, 6.45) is 1.20. The summed E-state index contributed by atoms with van der Waals surface area (Å²) in [4.78, 5) is 35.2. The first-order valence-electron chi connectivity index (χ1n) is 8.01. The van der Waals surface area contributed by atoms with E-state index in [0.717, 1.165) is 5.01 Å². The minimum Gasteiger partial charge on any atom is -0.455 e. The van der Waals surface area contributed by atoms with Crippen LogP contribution in [0.25, 0.3) is 11.3 Å². The molecule has 1 aliphatic heterocycles. The van der Waals surface area contributed by atoms with Gasteiger partial charge in [0.25, 0.3) is 17.5 Å². The van der Waals surface area contributed by atoms with Crippen molar-refractivity contribution in [2.24, 2.45) is 5.10 Å². The number of imide groups is 1. The molecule has 1 aliphatic rings. The Hall–Kier alpha value is -3.78. The highest BCUT2D eigenvalue weighted by atomic mass is 35.5. The van der Waals surface area contributed by atoms with Gasteiger partial charge in [-0.15, -0.1) is 0 Å². The van der Waals surface area contributed by atoms with Crippen molar-refractivity contribution in [3.05, 3.63) is 86.6 Å². The van der Waals surface area contributed by atoms with Gasteiger partial charge < -0.3 is 4.42 Å². The van der Waals surface area contributed by atoms with E-state index in [4.69, 9.17) is 16.0 Å². The number of halogens is 1. The number of hydrogen-bond donors (Lipinski definition) is 0. The molecule has 0 radical (unpaired) electrons. The largest absolute Gasteiger partial charge is 0.455 e. The zero-order valence-electron chi connectivity index (χ0n) is 14.0. The second-order valence-electron chi connectivity index (χ2n) is 5.83. The van der Waals surface area contributed by atoms with Gasteiger partial charge >= 0.3 is 0 Å². The fourth-order valence-corrected chi connectivity index (χ4v) is 2.99. The number of carbonyl (C=O) groups is 2. The monoisotopic (exact) mass is 395 g/mol. The average Bonchev–Trinajstić information content (AvgIpc) is 3.24. The van der Waals surface area contributed by atoms with E-state index in [1.165, 1.54) is 36.5 Å². The molecular formula is C19H10ClN3O5. The SMILES string of the molecule is O=C1c2ccccc2C(=O)N1/N=C\c1ccc(-c2ccc(Cl)cc2[N+](=O)[O-])o1. The predicted molar refractivity (Wildman–Crippen MR) is 100 cm³/mol. The maximum absolute atomic E-state index is 12.3. The first-order chi connectivity index (χ1) is 13.5. The van der Waals surface area contributed by atoms with E-state index < -0.39 is 16.7 Å². The third-order valence-electron chi connectivity index (χ3n) is 4.12. The molecule has 0 saturated carbocycles. The standard InChI is InChI=1S/C19H10ClN3O5/c20-11-5-7-15(16(9-11)23(26)27)17-8-6-12(28-17)10-21-22-18(24)13-3-1-2-4-14(13)19(22)25/h1-10H/b21-10-. The Morgan fingerprint density at radius 2 is 1.68 bits per heavy atom. The molecule has 4 rings (SSSR count). The first-order valence-corrected chi connectivity index (χ1v) is 8.39. The van der Waals surface area contributed by atoms with Crippen LogP contribution in [0.15, 0.2) is 64.1 Å². The Morgan fingerprint density at radius 3 is 2.32 bits per heavy atom. The van der Waals surface area contributed by atoms with E-state index in [0.29, 0.717) is 0 Å². The smallest absolute Gasteiger partial charge is 0.282 e. The lowest BCUT2D eigenvalue weighted by Gasteiger charge is -2.04. The number of furan rings is 1. The predicted octanol–water partition coefficient (Wildman–Crippen LogP) is 4.14. The topological polar surface area (TPSA) is 106 Å². The van der Waals surface area contributed by atoms with Gasteiger partial charge in [0.05, 0.1) is 27.8 Å². The molecule has 0 aliphatic carbocycles. The van der Waals surface area contributed by atoms with Crippen LogP contribution in [0.2, 0.25) is 5.02 Å². The molecule has 28 heavy (non-hydrogen) atoms. The first kappa shape index (κ1) is 17.6. The van der Waals surface area contributed by atoms with Gasteiger partial charge in [0.15, 0.2) is 0 Å². The van der Waals surface area contributed by atoms with Gasteiger partial charge in [-0.25, -0.2) is 0 Å². The summed E-state index contributed by atoms with van der Waals surface area (Å²) in [6.45, 7) is 0. The van der Waals surface area contributed by atoms with Gasteiger partial charge in [0.1, 0.15) is 11.5 Å². The molecule has 1 aromatic heterocycles. The normalized spacial score (nSPS) is 13.4. The van der Waals surface area contributed by atoms with Crippen molar-refractivity contribution in [2.75, 3.05) is 0 Å². The van der Waals surface area contributed by atoms with Gasteiger partial charge in [-0.2, -0.15) is 10.1 Å². The summed E-state index contributed by atoms with van der Waals surface area (Å²) in [7, 11) is 0. The van der Waals surface area contributed by atoms with E-state index in [1.54, 1.807) is 24.3 Å². The van der Waals surface area contributed by atoms with E-state index in [-0.39, 0.29) is 38.9 Å². The highest BCUT2D eigenvalue weighted by molar-refractivity contribution is 6.31. The molecule has 2 heterocycles. The number of nitro benzene ring substituents is 1. The molecule has 3 aromatic rings. The van der Waals surface area contributed by atoms with Crippen LogP contribution in [0.4, 0.5) is 5.69 Å². The summed E-state index contributed by atoms with van der Waals surface area (Å²) in [5.74, 6) is -0.614. The molecule has 0 N–H and O–H groups in total. The Morgan fingerprint density at radius 1 is 1.00 bits per heavy atom. The fourth-order valence-electron chi connectivity index (χ4n) is 2.83. The van der Waals surface area contributed by atoms with Crippen LogP contribution in [0.1, 0.15) is 26.5 Å². The second-order valence-corrected chi connectivity index (χ2v) is 6.27. The number of amides is 2. The van der Waals surface area contributed by atoms with Crippen LogP contribution in [0.3, 0.4) is 0 Å². The Bertz CT molecular complexity index is 1130. The van der Waals surface area contributed by atoms with Crippen LogP contribution in [-0.4, -0.2) is 28.0 Å². The molecule has 0 saturated heterocycles. The van der Waals surface area contributed by atoms with Crippen LogP contribution in [0.5, 0.6) is 0 Å². The van der Waals surface area contributed by atoms with Crippen molar-refractivity contribution in [1.82, 2.24) is 5.01 Å². The number of hydrogen-bond acceptors (Lipinski definition) is 6. The lowest BCUT2D eigenvalue weighted by molar-refractivity contribution is -0.384. The van der Waals surface area contributed by atoms with Crippen LogP contribution < -0.4 is 0 Å². The molecule has 9 heteroatoms. The number of nitrogens with zero attached hydrogens (tertiary/aromatic N) is 3. The summed E-state index contributed by atoms with van der Waals surface area (Å²) in [5, 5.41) is 16.1. The summed E-state index contributed by atoms with van der Waals surface area (Å²) in [6, 6.07) is 13.7. The molecule has 0 bridgehead atoms. The molecular weight excluding hydrogens is 386 g/mol. The molecule has 2 aromatic carbocycles. The van der Waals surface area contributed by atoms with Gasteiger partial charge in [-0.05, 0) is 36.4 Å². The molecule has 2 amide bonds. The average molecular weight is 396 g/mol. The zero-order valence-corrected chi connectivity index (χ0v) is 14.8. The summed E-state index contributed by atoms with van der Waals surface area (Å²) >= 11 is 5.82. The minimum absolute atomic E-state index is 0.203. The van der Waals surface area contributed by atoms with Crippen molar-refractivity contribution in [3.63, 3.8) is 0 Å². The number of rotatable bonds is 4. The van der Waals surface area contributed by atoms with E-state index in [9.17, 15) is 19.7 Å². The Kier molecular flexibility index (Phi) is 4.25. The van der Waals surface area contributed by atoms with Gasteiger partial charge in [0, 0.05) is 11.1 Å². The molecule has 0 spiro atoms. The lowest BCUT2D eigenvalue weighted by atomic mass is 10.1. The van der Waals surface area contributed by atoms with Crippen LogP contribution in [-0.2, 0) is 0 Å². The molecule has 8 nitrogen and oxygen atoms in total. The van der Waals surface area contributed by atoms with E-state index >= 15 is 0 Å². The molecule has 138 valence electrons. The molecule has 0 unspecified atom stereocenters. The zero-order chi connectivity index (χ0) is 19.8. The molecule has 0 fully saturated rings. The maximum atomic E-state index is 12.3. The molecule has 0 atom stereocenters. The third kappa shape index (κ3) is 2.95.